The predicted octanol–water partition coefficient (Wildman–Crippen LogP) is 0.930. The average Bonchev–Trinajstić information content (AvgIpc) is 3.09. The van der Waals surface area contributed by atoms with Crippen LogP contribution in [0.4, 0.5) is 0 Å². The van der Waals surface area contributed by atoms with Crippen molar-refractivity contribution in [1.29, 1.82) is 5.26 Å². The van der Waals surface area contributed by atoms with Gasteiger partial charge in [0.25, 0.3) is 0 Å². The summed E-state index contributed by atoms with van der Waals surface area (Å²) in [5.74, 6) is 0.788. The van der Waals surface area contributed by atoms with E-state index in [-0.39, 0.29) is 6.10 Å². The molecule has 0 unspecified atom stereocenters. The van der Waals surface area contributed by atoms with E-state index in [1.165, 1.54) is 6.33 Å². The minimum atomic E-state index is 0.125. The molecule has 0 bridgehead atoms. The lowest BCUT2D eigenvalue weighted by Gasteiger charge is -2.32. The van der Waals surface area contributed by atoms with Crippen LogP contribution >= 0.6 is 0 Å². The summed E-state index contributed by atoms with van der Waals surface area (Å²) in [4.78, 5) is 6.27. The highest BCUT2D eigenvalue weighted by atomic mass is 16.5. The highest BCUT2D eigenvalue weighted by Gasteiger charge is 2.20. The minimum absolute atomic E-state index is 0.125. The summed E-state index contributed by atoms with van der Waals surface area (Å²) in [7, 11) is 0. The second kappa shape index (κ2) is 7.72. The van der Waals surface area contributed by atoms with Crippen LogP contribution in [0.15, 0.2) is 36.9 Å². The largest absolute Gasteiger partial charge is 0.492 e. The zero-order valence-corrected chi connectivity index (χ0v) is 12.8. The molecule has 0 radical (unpaired) electrons. The van der Waals surface area contributed by atoms with E-state index < -0.39 is 0 Å². The first-order valence-electron chi connectivity index (χ1n) is 7.63. The number of nitriles is 1. The van der Waals surface area contributed by atoms with Crippen molar-refractivity contribution in [3.63, 3.8) is 0 Å². The first kappa shape index (κ1) is 15.5. The van der Waals surface area contributed by atoms with E-state index in [4.69, 9.17) is 14.7 Å². The van der Waals surface area contributed by atoms with Crippen LogP contribution in [0.25, 0.3) is 0 Å². The number of hydrogen-bond donors (Lipinski definition) is 0. The maximum atomic E-state index is 8.77. The van der Waals surface area contributed by atoms with Crippen LogP contribution in [0.2, 0.25) is 0 Å². The summed E-state index contributed by atoms with van der Waals surface area (Å²) in [5, 5.41) is 12.9. The quantitative estimate of drug-likeness (QED) is 0.789. The fourth-order valence-electron chi connectivity index (χ4n) is 2.55. The van der Waals surface area contributed by atoms with Crippen molar-refractivity contribution in [2.75, 3.05) is 32.8 Å². The molecule has 7 nitrogen and oxygen atoms in total. The molecule has 1 saturated heterocycles. The van der Waals surface area contributed by atoms with Gasteiger partial charge in [0.1, 0.15) is 25.0 Å². The fraction of sp³-hybridized carbons (Fsp3) is 0.438. The van der Waals surface area contributed by atoms with E-state index >= 15 is 0 Å². The van der Waals surface area contributed by atoms with Gasteiger partial charge >= 0.3 is 0 Å². The number of nitrogens with zero attached hydrogens (tertiary/aromatic N) is 5. The maximum absolute atomic E-state index is 8.77. The molecule has 1 fully saturated rings. The van der Waals surface area contributed by atoms with Crippen molar-refractivity contribution in [1.82, 2.24) is 19.7 Å². The van der Waals surface area contributed by atoms with Crippen molar-refractivity contribution >= 4 is 0 Å². The summed E-state index contributed by atoms with van der Waals surface area (Å²) in [6, 6.07) is 9.27. The van der Waals surface area contributed by atoms with E-state index in [1.807, 2.05) is 12.1 Å². The molecule has 2 heterocycles. The second-order valence-corrected chi connectivity index (χ2v) is 5.40. The van der Waals surface area contributed by atoms with Gasteiger partial charge < -0.3 is 9.47 Å². The van der Waals surface area contributed by atoms with Crippen LogP contribution in [0.3, 0.4) is 0 Å². The molecule has 2 aromatic rings. The third kappa shape index (κ3) is 4.52. The smallest absolute Gasteiger partial charge is 0.137 e. The number of benzene rings is 1. The number of aromatic nitrogens is 3. The summed E-state index contributed by atoms with van der Waals surface area (Å²) in [6.45, 7) is 4.66. The molecule has 0 N–H and O–H groups in total. The molecule has 1 aliphatic rings. The number of rotatable bonds is 6. The zero-order valence-electron chi connectivity index (χ0n) is 12.8. The third-order valence-electron chi connectivity index (χ3n) is 3.74. The summed E-state index contributed by atoms with van der Waals surface area (Å²) in [5.41, 5.74) is 0.640. The van der Waals surface area contributed by atoms with E-state index in [9.17, 15) is 0 Å². The Morgan fingerprint density at radius 1 is 1.35 bits per heavy atom. The molecule has 0 spiro atoms. The van der Waals surface area contributed by atoms with Crippen LogP contribution in [-0.4, -0.2) is 58.6 Å². The average molecular weight is 313 g/mol. The molecular formula is C16H19N5O2. The van der Waals surface area contributed by atoms with Crippen LogP contribution in [0.5, 0.6) is 5.75 Å². The molecule has 23 heavy (non-hydrogen) atoms. The SMILES string of the molecule is N#Cc1ccc(OCCN2CCO[C@@H](Cn3cncn3)C2)cc1. The molecule has 1 aliphatic heterocycles. The summed E-state index contributed by atoms with van der Waals surface area (Å²) >= 11 is 0. The van der Waals surface area contributed by atoms with Crippen LogP contribution < -0.4 is 4.74 Å². The molecular weight excluding hydrogens is 294 g/mol. The van der Waals surface area contributed by atoms with E-state index in [0.717, 1.165) is 32.0 Å². The Morgan fingerprint density at radius 2 is 2.22 bits per heavy atom. The number of morpholine rings is 1. The summed E-state index contributed by atoms with van der Waals surface area (Å²) in [6.07, 6.45) is 3.36. The van der Waals surface area contributed by atoms with Gasteiger partial charge in [-0.1, -0.05) is 0 Å². The highest BCUT2D eigenvalue weighted by Crippen LogP contribution is 2.12. The first-order valence-corrected chi connectivity index (χ1v) is 7.63. The van der Waals surface area contributed by atoms with Gasteiger partial charge in [0.05, 0.1) is 30.9 Å². The molecule has 7 heteroatoms. The van der Waals surface area contributed by atoms with Gasteiger partial charge in [-0.05, 0) is 24.3 Å². The predicted molar refractivity (Wildman–Crippen MR) is 82.9 cm³/mol. The Kier molecular flexibility index (Phi) is 5.19. The zero-order chi connectivity index (χ0) is 15.9. The minimum Gasteiger partial charge on any atom is -0.492 e. The highest BCUT2D eigenvalue weighted by molar-refractivity contribution is 5.34. The lowest BCUT2D eigenvalue weighted by Crippen LogP contribution is -2.45. The third-order valence-corrected chi connectivity index (χ3v) is 3.74. The molecule has 0 amide bonds. The van der Waals surface area contributed by atoms with Crippen LogP contribution in [0, 0.1) is 11.3 Å². The van der Waals surface area contributed by atoms with Gasteiger partial charge in [0, 0.05) is 19.6 Å². The second-order valence-electron chi connectivity index (χ2n) is 5.40. The first-order chi connectivity index (χ1) is 11.3. The van der Waals surface area contributed by atoms with Gasteiger partial charge in [0.15, 0.2) is 0 Å². The Balaban J connectivity index is 1.41. The van der Waals surface area contributed by atoms with Gasteiger partial charge in [-0.3, -0.25) is 9.58 Å². The Morgan fingerprint density at radius 3 is 2.96 bits per heavy atom. The van der Waals surface area contributed by atoms with E-state index in [1.54, 1.807) is 23.1 Å². The van der Waals surface area contributed by atoms with Crippen molar-refractivity contribution < 1.29 is 9.47 Å². The van der Waals surface area contributed by atoms with Crippen molar-refractivity contribution in [2.24, 2.45) is 0 Å². The molecule has 3 rings (SSSR count). The van der Waals surface area contributed by atoms with Crippen LogP contribution in [-0.2, 0) is 11.3 Å². The maximum Gasteiger partial charge on any atom is 0.137 e. The lowest BCUT2D eigenvalue weighted by atomic mass is 10.2. The van der Waals surface area contributed by atoms with E-state index in [0.29, 0.717) is 18.7 Å². The number of ether oxygens (including phenoxy) is 2. The standard InChI is InChI=1S/C16H19N5O2/c17-9-14-1-3-15(4-2-14)22-7-5-20-6-8-23-16(10-20)11-21-13-18-12-19-21/h1-4,12-13,16H,5-8,10-11H2/t16-/m1/s1. The number of hydrogen-bond acceptors (Lipinski definition) is 6. The molecule has 0 aliphatic carbocycles. The van der Waals surface area contributed by atoms with Crippen molar-refractivity contribution in [2.45, 2.75) is 12.6 Å². The van der Waals surface area contributed by atoms with Crippen molar-refractivity contribution in [3.05, 3.63) is 42.5 Å². The molecule has 1 atom stereocenters. The Bertz CT molecular complexity index is 635. The fourth-order valence-corrected chi connectivity index (χ4v) is 2.55. The van der Waals surface area contributed by atoms with E-state index in [2.05, 4.69) is 21.1 Å². The van der Waals surface area contributed by atoms with Gasteiger partial charge in [-0.15, -0.1) is 0 Å². The lowest BCUT2D eigenvalue weighted by molar-refractivity contribution is -0.0401. The summed E-state index contributed by atoms with van der Waals surface area (Å²) < 4.78 is 13.3. The van der Waals surface area contributed by atoms with Crippen molar-refractivity contribution in [3.8, 4) is 11.8 Å². The molecule has 1 aromatic carbocycles. The normalized spacial score (nSPS) is 18.5. The van der Waals surface area contributed by atoms with Gasteiger partial charge in [0.2, 0.25) is 0 Å². The molecule has 120 valence electrons. The Hall–Kier alpha value is -2.43. The van der Waals surface area contributed by atoms with Gasteiger partial charge in [-0.2, -0.15) is 10.4 Å². The van der Waals surface area contributed by atoms with Crippen LogP contribution in [0.1, 0.15) is 5.56 Å². The monoisotopic (exact) mass is 313 g/mol. The Labute approximate surface area is 135 Å². The molecule has 0 saturated carbocycles. The topological polar surface area (TPSA) is 76.2 Å². The molecule has 1 aromatic heterocycles. The van der Waals surface area contributed by atoms with Gasteiger partial charge in [-0.25, -0.2) is 4.98 Å².